The molecule has 2 aromatic rings. The number of carbonyl (C=O) groups excluding carboxylic acids is 1. The molecule has 1 saturated carbocycles. The van der Waals surface area contributed by atoms with Gasteiger partial charge in [-0.1, -0.05) is 0 Å². The van der Waals surface area contributed by atoms with Crippen LogP contribution in [0.4, 0.5) is 4.79 Å². The molecule has 138 valence electrons. The Hall–Kier alpha value is -2.57. The van der Waals surface area contributed by atoms with Gasteiger partial charge in [0.15, 0.2) is 0 Å². The Balaban J connectivity index is 1.43. The van der Waals surface area contributed by atoms with Gasteiger partial charge in [-0.05, 0) is 51.8 Å². The Kier molecular flexibility index (Phi) is 3.54. The van der Waals surface area contributed by atoms with E-state index >= 15 is 0 Å². The number of likely N-dealkylation sites (tertiary alicyclic amines) is 1. The monoisotopic (exact) mass is 357 g/mol. The zero-order valence-corrected chi connectivity index (χ0v) is 15.2. The number of fused-ring (bicyclic) bond motifs is 1. The predicted octanol–water partition coefficient (Wildman–Crippen LogP) is 2.67. The van der Waals surface area contributed by atoms with Gasteiger partial charge in [-0.2, -0.15) is 0 Å². The molecular formula is C19H23N3O4. The first-order chi connectivity index (χ1) is 12.2. The van der Waals surface area contributed by atoms with E-state index in [4.69, 9.17) is 4.74 Å². The van der Waals surface area contributed by atoms with Crippen molar-refractivity contribution < 1.29 is 14.6 Å². The van der Waals surface area contributed by atoms with Crippen LogP contribution in [0.2, 0.25) is 0 Å². The molecule has 0 radical (unpaired) electrons. The van der Waals surface area contributed by atoms with Crippen LogP contribution >= 0.6 is 0 Å². The first kappa shape index (κ1) is 16.9. The third-order valence-corrected chi connectivity index (χ3v) is 5.20. The molecule has 1 N–H and O–H groups in total. The highest BCUT2D eigenvalue weighted by Gasteiger charge is 2.55. The standard InChI is InChI=1S/C19H23N3O4/c1-18(2,3)26-17(25)21-9-19(10-21)7-12(8-19)22-11-20-15-5-4-13(23)6-14(15)16(22)24/h4-6,11-12,23H,7-10H2,1-3H3. The lowest BCUT2D eigenvalue weighted by molar-refractivity contribution is -0.0913. The van der Waals surface area contributed by atoms with Crippen molar-refractivity contribution in [3.8, 4) is 5.75 Å². The summed E-state index contributed by atoms with van der Waals surface area (Å²) in [5.74, 6) is 0.0613. The number of ether oxygens (including phenoxy) is 1. The van der Waals surface area contributed by atoms with Crippen LogP contribution in [-0.2, 0) is 4.74 Å². The molecule has 0 unspecified atom stereocenters. The van der Waals surface area contributed by atoms with Crippen molar-refractivity contribution in [1.82, 2.24) is 14.5 Å². The molecule has 0 bridgehead atoms. The fourth-order valence-electron chi connectivity index (χ4n) is 4.00. The minimum Gasteiger partial charge on any atom is -0.508 e. The van der Waals surface area contributed by atoms with Crippen LogP contribution in [0.25, 0.3) is 10.9 Å². The molecule has 1 aliphatic heterocycles. The number of phenols is 1. The maximum Gasteiger partial charge on any atom is 0.410 e. The van der Waals surface area contributed by atoms with Crippen LogP contribution in [0.1, 0.15) is 39.7 Å². The molecule has 4 rings (SSSR count). The molecule has 1 aromatic heterocycles. The third-order valence-electron chi connectivity index (χ3n) is 5.20. The van der Waals surface area contributed by atoms with Gasteiger partial charge in [-0.25, -0.2) is 9.78 Å². The fourth-order valence-corrected chi connectivity index (χ4v) is 4.00. The summed E-state index contributed by atoms with van der Waals surface area (Å²) >= 11 is 0. The second-order valence-electron chi connectivity index (χ2n) is 8.56. The van der Waals surface area contributed by atoms with Gasteiger partial charge in [0.05, 0.1) is 17.2 Å². The first-order valence-corrected chi connectivity index (χ1v) is 8.84. The lowest BCUT2D eigenvalue weighted by Gasteiger charge is -2.58. The molecule has 1 saturated heterocycles. The van der Waals surface area contributed by atoms with Crippen molar-refractivity contribution >= 4 is 17.0 Å². The SMILES string of the molecule is CC(C)(C)OC(=O)N1CC2(CC(n3cnc4ccc(O)cc4c3=O)C2)C1. The van der Waals surface area contributed by atoms with E-state index in [1.807, 2.05) is 20.8 Å². The van der Waals surface area contributed by atoms with Crippen LogP contribution in [0.15, 0.2) is 29.3 Å². The van der Waals surface area contributed by atoms with Crippen LogP contribution in [0.5, 0.6) is 5.75 Å². The Morgan fingerprint density at radius 3 is 2.65 bits per heavy atom. The van der Waals surface area contributed by atoms with Gasteiger partial charge in [0.2, 0.25) is 0 Å². The molecule has 1 aliphatic carbocycles. The topological polar surface area (TPSA) is 84.7 Å². The van der Waals surface area contributed by atoms with Gasteiger partial charge in [0.1, 0.15) is 11.4 Å². The second kappa shape index (κ2) is 5.46. The van der Waals surface area contributed by atoms with Gasteiger partial charge in [-0.15, -0.1) is 0 Å². The Morgan fingerprint density at radius 2 is 2.00 bits per heavy atom. The molecule has 2 heterocycles. The maximum absolute atomic E-state index is 12.7. The zero-order chi connectivity index (χ0) is 18.7. The van der Waals surface area contributed by atoms with E-state index in [0.717, 1.165) is 12.8 Å². The number of aromatic hydroxyl groups is 1. The van der Waals surface area contributed by atoms with Gasteiger partial charge < -0.3 is 14.7 Å². The number of rotatable bonds is 1. The Morgan fingerprint density at radius 1 is 1.31 bits per heavy atom. The van der Waals surface area contributed by atoms with Crippen molar-refractivity contribution in [2.45, 2.75) is 45.3 Å². The third kappa shape index (κ3) is 2.81. The molecule has 7 nitrogen and oxygen atoms in total. The molecule has 2 aliphatic rings. The van der Waals surface area contributed by atoms with E-state index in [1.54, 1.807) is 21.9 Å². The Bertz CT molecular complexity index is 930. The van der Waals surface area contributed by atoms with Crippen molar-refractivity contribution in [3.63, 3.8) is 0 Å². The molecule has 26 heavy (non-hydrogen) atoms. The summed E-state index contributed by atoms with van der Waals surface area (Å²) in [5.41, 5.74) is 0.0544. The van der Waals surface area contributed by atoms with E-state index in [-0.39, 0.29) is 28.9 Å². The van der Waals surface area contributed by atoms with E-state index in [2.05, 4.69) is 4.98 Å². The van der Waals surface area contributed by atoms with E-state index in [0.29, 0.717) is 24.0 Å². The van der Waals surface area contributed by atoms with Crippen molar-refractivity contribution in [1.29, 1.82) is 0 Å². The average molecular weight is 357 g/mol. The maximum atomic E-state index is 12.7. The molecule has 2 fully saturated rings. The highest BCUT2D eigenvalue weighted by atomic mass is 16.6. The number of aromatic nitrogens is 2. The van der Waals surface area contributed by atoms with Crippen LogP contribution in [-0.4, -0.2) is 44.3 Å². The summed E-state index contributed by atoms with van der Waals surface area (Å²) in [6, 6.07) is 4.71. The largest absolute Gasteiger partial charge is 0.508 e. The van der Waals surface area contributed by atoms with Gasteiger partial charge in [-0.3, -0.25) is 9.36 Å². The quantitative estimate of drug-likeness (QED) is 0.848. The van der Waals surface area contributed by atoms with Crippen molar-refractivity contribution in [2.24, 2.45) is 5.41 Å². The summed E-state index contributed by atoms with van der Waals surface area (Å²) in [6.07, 6.45) is 3.01. The zero-order valence-electron chi connectivity index (χ0n) is 15.2. The number of nitrogens with zero attached hydrogens (tertiary/aromatic N) is 3. The molecule has 7 heteroatoms. The summed E-state index contributed by atoms with van der Waals surface area (Å²) in [4.78, 5) is 30.8. The van der Waals surface area contributed by atoms with Crippen molar-refractivity contribution in [2.75, 3.05) is 13.1 Å². The summed E-state index contributed by atoms with van der Waals surface area (Å²) in [5, 5.41) is 10.1. The van der Waals surface area contributed by atoms with Gasteiger partial charge >= 0.3 is 6.09 Å². The lowest BCUT2D eigenvalue weighted by Crippen LogP contribution is -2.64. The number of amides is 1. The van der Waals surface area contributed by atoms with E-state index in [9.17, 15) is 14.7 Å². The number of phenolic OH excluding ortho intramolecular Hbond substituents is 1. The number of hydrogen-bond acceptors (Lipinski definition) is 5. The van der Waals surface area contributed by atoms with Gasteiger partial charge in [0, 0.05) is 24.5 Å². The second-order valence-corrected chi connectivity index (χ2v) is 8.56. The van der Waals surface area contributed by atoms with Crippen LogP contribution in [0, 0.1) is 5.41 Å². The van der Waals surface area contributed by atoms with Crippen LogP contribution in [0.3, 0.4) is 0 Å². The Labute approximate surface area is 151 Å². The summed E-state index contributed by atoms with van der Waals surface area (Å²) < 4.78 is 7.05. The highest BCUT2D eigenvalue weighted by Crippen LogP contribution is 2.53. The molecule has 1 spiro atoms. The van der Waals surface area contributed by atoms with E-state index in [1.165, 1.54) is 12.1 Å². The number of benzene rings is 1. The number of carbonyl (C=O) groups is 1. The van der Waals surface area contributed by atoms with Gasteiger partial charge in [0.25, 0.3) is 5.56 Å². The minimum atomic E-state index is -0.488. The average Bonchev–Trinajstić information content (AvgIpc) is 2.45. The molecular weight excluding hydrogens is 334 g/mol. The molecule has 1 amide bonds. The highest BCUT2D eigenvalue weighted by molar-refractivity contribution is 5.78. The smallest absolute Gasteiger partial charge is 0.410 e. The predicted molar refractivity (Wildman–Crippen MR) is 96.2 cm³/mol. The summed E-state index contributed by atoms with van der Waals surface area (Å²) in [7, 11) is 0. The van der Waals surface area contributed by atoms with E-state index < -0.39 is 5.60 Å². The van der Waals surface area contributed by atoms with Crippen molar-refractivity contribution in [3.05, 3.63) is 34.9 Å². The van der Waals surface area contributed by atoms with Crippen LogP contribution < -0.4 is 5.56 Å². The lowest BCUT2D eigenvalue weighted by atomic mass is 9.60. The summed E-state index contributed by atoms with van der Waals surface area (Å²) in [6.45, 7) is 6.92. The molecule has 0 atom stereocenters. The normalized spacial score (nSPS) is 19.3. The first-order valence-electron chi connectivity index (χ1n) is 8.84. The molecule has 1 aromatic carbocycles. The minimum absolute atomic E-state index is 0.0613. The number of hydrogen-bond donors (Lipinski definition) is 1. The fraction of sp³-hybridized carbons (Fsp3) is 0.526.